The van der Waals surface area contributed by atoms with Crippen molar-refractivity contribution in [2.45, 2.75) is 62.9 Å². The summed E-state index contributed by atoms with van der Waals surface area (Å²) in [5.74, 6) is -0.0370. The quantitative estimate of drug-likeness (QED) is 0.819. The standard InChI is InChI=1S/C17H26N2O4S/c1-12-9-10-15(23-3)16(11-12)24(21,22)19-13(2)17(20)18-14-7-5-4-6-8-14/h9-11,13-14,19H,4-8H2,1-3H3,(H,18,20)/t13-/m1/s1. The van der Waals surface area contributed by atoms with Gasteiger partial charge in [-0.3, -0.25) is 4.79 Å². The van der Waals surface area contributed by atoms with Crippen LogP contribution in [-0.2, 0) is 14.8 Å². The second-order valence-electron chi connectivity index (χ2n) is 6.34. The first-order chi connectivity index (χ1) is 11.3. The fraction of sp³-hybridized carbons (Fsp3) is 0.588. The van der Waals surface area contributed by atoms with Gasteiger partial charge in [-0.2, -0.15) is 4.72 Å². The molecule has 0 heterocycles. The van der Waals surface area contributed by atoms with Crippen molar-refractivity contribution in [3.05, 3.63) is 23.8 Å². The third-order valence-corrected chi connectivity index (χ3v) is 5.85. The Morgan fingerprint density at radius 1 is 1.25 bits per heavy atom. The number of hydrogen-bond donors (Lipinski definition) is 2. The molecule has 0 unspecified atom stereocenters. The number of hydrogen-bond acceptors (Lipinski definition) is 4. The predicted molar refractivity (Wildman–Crippen MR) is 92.5 cm³/mol. The number of rotatable bonds is 6. The first-order valence-corrected chi connectivity index (χ1v) is 9.79. The van der Waals surface area contributed by atoms with Gasteiger partial charge in [0.15, 0.2) is 0 Å². The molecule has 1 atom stereocenters. The maximum atomic E-state index is 12.6. The van der Waals surface area contributed by atoms with Crippen LogP contribution in [0.4, 0.5) is 0 Å². The molecule has 1 aromatic carbocycles. The van der Waals surface area contributed by atoms with Crippen LogP contribution in [0.2, 0.25) is 0 Å². The van der Waals surface area contributed by atoms with Crippen molar-refractivity contribution in [2.24, 2.45) is 0 Å². The topological polar surface area (TPSA) is 84.5 Å². The first-order valence-electron chi connectivity index (χ1n) is 8.31. The third-order valence-electron chi connectivity index (χ3n) is 4.29. The Morgan fingerprint density at radius 2 is 1.92 bits per heavy atom. The molecule has 0 saturated heterocycles. The molecule has 134 valence electrons. The summed E-state index contributed by atoms with van der Waals surface area (Å²) < 4.78 is 32.8. The van der Waals surface area contributed by atoms with Crippen molar-refractivity contribution < 1.29 is 17.9 Å². The number of aryl methyl sites for hydroxylation is 1. The second kappa shape index (κ2) is 7.98. The number of amides is 1. The van der Waals surface area contributed by atoms with Gasteiger partial charge in [0.2, 0.25) is 15.9 Å². The van der Waals surface area contributed by atoms with Crippen molar-refractivity contribution in [2.75, 3.05) is 7.11 Å². The van der Waals surface area contributed by atoms with Crippen LogP contribution < -0.4 is 14.8 Å². The molecule has 24 heavy (non-hydrogen) atoms. The van der Waals surface area contributed by atoms with E-state index in [0.29, 0.717) is 0 Å². The van der Waals surface area contributed by atoms with E-state index in [1.807, 2.05) is 0 Å². The molecule has 0 bridgehead atoms. The number of nitrogens with one attached hydrogen (secondary N) is 2. The van der Waals surface area contributed by atoms with Gasteiger partial charge in [0.25, 0.3) is 0 Å². The maximum absolute atomic E-state index is 12.6. The average molecular weight is 354 g/mol. The summed E-state index contributed by atoms with van der Waals surface area (Å²) in [7, 11) is -2.43. The van der Waals surface area contributed by atoms with E-state index >= 15 is 0 Å². The van der Waals surface area contributed by atoms with Crippen LogP contribution in [0.25, 0.3) is 0 Å². The van der Waals surface area contributed by atoms with Gasteiger partial charge in [-0.15, -0.1) is 0 Å². The van der Waals surface area contributed by atoms with E-state index in [-0.39, 0.29) is 22.6 Å². The summed E-state index contributed by atoms with van der Waals surface area (Å²) in [5, 5.41) is 2.94. The van der Waals surface area contributed by atoms with Gasteiger partial charge in [-0.05, 0) is 44.4 Å². The lowest BCUT2D eigenvalue weighted by Crippen LogP contribution is -2.48. The molecule has 0 aromatic heterocycles. The number of sulfonamides is 1. The third kappa shape index (κ3) is 4.70. The smallest absolute Gasteiger partial charge is 0.244 e. The van der Waals surface area contributed by atoms with Gasteiger partial charge in [-0.1, -0.05) is 25.3 Å². The molecule has 0 aliphatic heterocycles. The van der Waals surface area contributed by atoms with Crippen molar-refractivity contribution in [1.82, 2.24) is 10.0 Å². The molecule has 7 heteroatoms. The van der Waals surface area contributed by atoms with Crippen LogP contribution in [0, 0.1) is 6.92 Å². The fourth-order valence-corrected chi connectivity index (χ4v) is 4.37. The number of carbonyl (C=O) groups excluding carboxylic acids is 1. The molecule has 1 aliphatic carbocycles. The Hall–Kier alpha value is -1.60. The molecule has 0 radical (unpaired) electrons. The summed E-state index contributed by atoms with van der Waals surface area (Å²) >= 11 is 0. The molecule has 1 aromatic rings. The van der Waals surface area contributed by atoms with Gasteiger partial charge < -0.3 is 10.1 Å². The van der Waals surface area contributed by atoms with Crippen molar-refractivity contribution in [3.63, 3.8) is 0 Å². The van der Waals surface area contributed by atoms with E-state index in [9.17, 15) is 13.2 Å². The van der Waals surface area contributed by atoms with Crippen molar-refractivity contribution in [3.8, 4) is 5.75 Å². The number of methoxy groups -OCH3 is 1. The van der Waals surface area contributed by atoms with Gasteiger partial charge in [-0.25, -0.2) is 8.42 Å². The zero-order valence-electron chi connectivity index (χ0n) is 14.5. The predicted octanol–water partition coefficient (Wildman–Crippen LogP) is 2.12. The summed E-state index contributed by atoms with van der Waals surface area (Å²) in [4.78, 5) is 12.3. The highest BCUT2D eigenvalue weighted by molar-refractivity contribution is 7.89. The van der Waals surface area contributed by atoms with E-state index in [1.54, 1.807) is 26.0 Å². The molecule has 1 fully saturated rings. The molecular formula is C17H26N2O4S. The summed E-state index contributed by atoms with van der Waals surface area (Å²) in [6, 6.07) is 4.22. The Morgan fingerprint density at radius 3 is 2.54 bits per heavy atom. The maximum Gasteiger partial charge on any atom is 0.244 e. The van der Waals surface area contributed by atoms with Crippen LogP contribution >= 0.6 is 0 Å². The van der Waals surface area contributed by atoms with Crippen LogP contribution in [0.15, 0.2) is 23.1 Å². The first kappa shape index (κ1) is 18.7. The lowest BCUT2D eigenvalue weighted by atomic mass is 9.95. The van der Waals surface area contributed by atoms with Crippen molar-refractivity contribution in [1.29, 1.82) is 0 Å². The number of benzene rings is 1. The Bertz CT molecular complexity index is 682. The summed E-state index contributed by atoms with van der Waals surface area (Å²) in [6.45, 7) is 3.36. The van der Waals surface area contributed by atoms with E-state index < -0.39 is 16.1 Å². The van der Waals surface area contributed by atoms with E-state index in [2.05, 4.69) is 10.0 Å². The zero-order chi connectivity index (χ0) is 17.7. The molecule has 1 aliphatic rings. The average Bonchev–Trinajstić information content (AvgIpc) is 2.55. The fourth-order valence-electron chi connectivity index (χ4n) is 2.92. The number of carbonyl (C=O) groups is 1. The minimum absolute atomic E-state index is 0.0438. The largest absolute Gasteiger partial charge is 0.495 e. The van der Waals surface area contributed by atoms with Gasteiger partial charge in [0, 0.05) is 6.04 Å². The zero-order valence-corrected chi connectivity index (χ0v) is 15.3. The molecule has 2 rings (SSSR count). The molecule has 2 N–H and O–H groups in total. The second-order valence-corrected chi connectivity index (χ2v) is 8.02. The Balaban J connectivity index is 2.07. The molecule has 6 nitrogen and oxygen atoms in total. The van der Waals surface area contributed by atoms with Gasteiger partial charge in [0.1, 0.15) is 10.6 Å². The van der Waals surface area contributed by atoms with Crippen LogP contribution in [0.3, 0.4) is 0 Å². The molecule has 1 saturated carbocycles. The highest BCUT2D eigenvalue weighted by Crippen LogP contribution is 2.24. The summed E-state index contributed by atoms with van der Waals surface area (Å²) in [5.41, 5.74) is 0.801. The van der Waals surface area contributed by atoms with Crippen LogP contribution in [-0.4, -0.2) is 33.5 Å². The Kier molecular flexibility index (Phi) is 6.23. The molecular weight excluding hydrogens is 328 g/mol. The van der Waals surface area contributed by atoms with Crippen molar-refractivity contribution >= 4 is 15.9 Å². The normalized spacial score (nSPS) is 17.3. The van der Waals surface area contributed by atoms with E-state index in [0.717, 1.165) is 31.2 Å². The van der Waals surface area contributed by atoms with Gasteiger partial charge >= 0.3 is 0 Å². The highest BCUT2D eigenvalue weighted by Gasteiger charge is 2.26. The van der Waals surface area contributed by atoms with E-state index in [1.165, 1.54) is 19.6 Å². The highest BCUT2D eigenvalue weighted by atomic mass is 32.2. The monoisotopic (exact) mass is 354 g/mol. The van der Waals surface area contributed by atoms with Crippen LogP contribution in [0.5, 0.6) is 5.75 Å². The Labute approximate surface area is 144 Å². The number of ether oxygens (including phenoxy) is 1. The lowest BCUT2D eigenvalue weighted by Gasteiger charge is -2.24. The molecule has 1 amide bonds. The van der Waals surface area contributed by atoms with Crippen LogP contribution in [0.1, 0.15) is 44.6 Å². The minimum atomic E-state index is -3.85. The minimum Gasteiger partial charge on any atom is -0.495 e. The van der Waals surface area contributed by atoms with Gasteiger partial charge in [0.05, 0.1) is 13.2 Å². The van der Waals surface area contributed by atoms with E-state index in [4.69, 9.17) is 4.74 Å². The SMILES string of the molecule is COc1ccc(C)cc1S(=O)(=O)N[C@H](C)C(=O)NC1CCCCC1. The lowest BCUT2D eigenvalue weighted by molar-refractivity contribution is -0.123. The summed E-state index contributed by atoms with van der Waals surface area (Å²) in [6.07, 6.45) is 5.31. The molecule has 0 spiro atoms.